The Morgan fingerprint density at radius 2 is 2.00 bits per heavy atom. The van der Waals surface area contributed by atoms with Crippen LogP contribution in [0.15, 0.2) is 12.1 Å². The third kappa shape index (κ3) is 2.67. The largest absolute Gasteiger partial charge is 0.308 e. The number of aryl methyl sites for hydroxylation is 1. The number of piperidine rings is 1. The van der Waals surface area contributed by atoms with Crippen LogP contribution in [0.1, 0.15) is 31.2 Å². The molecule has 1 amide bonds. The molecule has 5 heteroatoms. The molecule has 1 unspecified atom stereocenters. The van der Waals surface area contributed by atoms with E-state index in [9.17, 15) is 4.79 Å². The molecule has 1 aromatic rings. The number of hydrogen-bond donors (Lipinski definition) is 1. The lowest BCUT2D eigenvalue weighted by molar-refractivity contribution is -0.121. The molecule has 2 aliphatic rings. The van der Waals surface area contributed by atoms with Crippen LogP contribution in [0.3, 0.4) is 0 Å². The quantitative estimate of drug-likeness (QED) is 0.925. The van der Waals surface area contributed by atoms with Crippen molar-refractivity contribution in [2.75, 3.05) is 11.4 Å². The van der Waals surface area contributed by atoms with Crippen LogP contribution in [0.5, 0.6) is 0 Å². The highest BCUT2D eigenvalue weighted by Gasteiger charge is 2.35. The van der Waals surface area contributed by atoms with Crippen molar-refractivity contribution < 1.29 is 4.79 Å². The van der Waals surface area contributed by atoms with Crippen molar-refractivity contribution in [3.05, 3.63) is 27.7 Å². The van der Waals surface area contributed by atoms with E-state index in [2.05, 4.69) is 5.32 Å². The number of halogens is 2. The van der Waals surface area contributed by atoms with Gasteiger partial charge in [0.1, 0.15) is 0 Å². The number of nitrogens with zero attached hydrogens (tertiary/aromatic N) is 1. The fourth-order valence-corrected chi connectivity index (χ4v) is 3.25. The van der Waals surface area contributed by atoms with Gasteiger partial charge in [0.05, 0.1) is 21.8 Å². The Morgan fingerprint density at radius 1 is 1.25 bits per heavy atom. The summed E-state index contributed by atoms with van der Waals surface area (Å²) in [6.45, 7) is 2.61. The molecule has 3 rings (SSSR count). The highest BCUT2D eigenvalue weighted by Crippen LogP contribution is 2.38. The Bertz CT molecular complexity index is 543. The Hall–Kier alpha value is -0.770. The molecule has 0 aromatic heterocycles. The van der Waals surface area contributed by atoms with Crippen molar-refractivity contribution in [3.63, 3.8) is 0 Å². The van der Waals surface area contributed by atoms with Gasteiger partial charge in [0.2, 0.25) is 5.91 Å². The van der Waals surface area contributed by atoms with E-state index in [0.29, 0.717) is 28.3 Å². The van der Waals surface area contributed by atoms with Crippen molar-refractivity contribution in [2.45, 2.75) is 44.7 Å². The van der Waals surface area contributed by atoms with Crippen LogP contribution >= 0.6 is 23.2 Å². The topological polar surface area (TPSA) is 32.3 Å². The summed E-state index contributed by atoms with van der Waals surface area (Å²) in [4.78, 5) is 14.4. The number of carbonyl (C=O) groups is 1. The molecule has 108 valence electrons. The van der Waals surface area contributed by atoms with Crippen molar-refractivity contribution in [1.82, 2.24) is 5.32 Å². The molecule has 1 saturated heterocycles. The first kappa shape index (κ1) is 14.2. The van der Waals surface area contributed by atoms with E-state index < -0.39 is 0 Å². The van der Waals surface area contributed by atoms with E-state index in [-0.39, 0.29) is 11.9 Å². The average Bonchev–Trinajstić information content (AvgIpc) is 3.23. The first-order valence-corrected chi connectivity index (χ1v) is 7.85. The SMILES string of the molecule is Cc1ccc(Cl)c(N2CCCC(NC3CC3)C2=O)c1Cl. The molecule has 20 heavy (non-hydrogen) atoms. The normalized spacial score (nSPS) is 23.2. The molecule has 0 spiro atoms. The molecule has 2 fully saturated rings. The minimum atomic E-state index is -0.0936. The highest BCUT2D eigenvalue weighted by molar-refractivity contribution is 6.40. The van der Waals surface area contributed by atoms with Crippen LogP contribution in [-0.2, 0) is 4.79 Å². The van der Waals surface area contributed by atoms with Gasteiger partial charge >= 0.3 is 0 Å². The molecule has 1 N–H and O–H groups in total. The van der Waals surface area contributed by atoms with Crippen molar-refractivity contribution in [2.24, 2.45) is 0 Å². The Labute approximate surface area is 129 Å². The summed E-state index contributed by atoms with van der Waals surface area (Å²) >= 11 is 12.6. The van der Waals surface area contributed by atoms with E-state index in [1.54, 1.807) is 4.90 Å². The Kier molecular flexibility index (Phi) is 3.93. The highest BCUT2D eigenvalue weighted by atomic mass is 35.5. The molecule has 0 bridgehead atoms. The second-order valence-electron chi connectivity index (χ2n) is 5.65. The molecule has 0 radical (unpaired) electrons. The zero-order valence-corrected chi connectivity index (χ0v) is 13.0. The first-order chi connectivity index (χ1) is 9.58. The van der Waals surface area contributed by atoms with Crippen LogP contribution in [0.25, 0.3) is 0 Å². The number of benzene rings is 1. The fourth-order valence-electron chi connectivity index (χ4n) is 2.68. The molecule has 1 atom stereocenters. The monoisotopic (exact) mass is 312 g/mol. The molecule has 1 aliphatic carbocycles. The van der Waals surface area contributed by atoms with Gasteiger partial charge < -0.3 is 10.2 Å². The van der Waals surface area contributed by atoms with Crippen LogP contribution in [-0.4, -0.2) is 24.5 Å². The van der Waals surface area contributed by atoms with Crippen LogP contribution in [0.2, 0.25) is 10.0 Å². The zero-order valence-electron chi connectivity index (χ0n) is 11.5. The fraction of sp³-hybridized carbons (Fsp3) is 0.533. The van der Waals surface area contributed by atoms with Gasteiger partial charge in [-0.15, -0.1) is 0 Å². The minimum Gasteiger partial charge on any atom is -0.308 e. The Morgan fingerprint density at radius 3 is 2.70 bits per heavy atom. The number of amides is 1. The predicted octanol–water partition coefficient (Wildman–Crippen LogP) is 3.55. The lowest BCUT2D eigenvalue weighted by atomic mass is 10.0. The molecule has 1 saturated carbocycles. The number of carbonyl (C=O) groups excluding carboxylic acids is 1. The second kappa shape index (κ2) is 5.55. The van der Waals surface area contributed by atoms with Gasteiger partial charge in [-0.2, -0.15) is 0 Å². The number of anilines is 1. The maximum atomic E-state index is 12.7. The maximum Gasteiger partial charge on any atom is 0.244 e. The predicted molar refractivity (Wildman–Crippen MR) is 82.7 cm³/mol. The van der Waals surface area contributed by atoms with Gasteiger partial charge in [-0.25, -0.2) is 0 Å². The summed E-state index contributed by atoms with van der Waals surface area (Å²) in [5, 5.41) is 4.54. The van der Waals surface area contributed by atoms with E-state index >= 15 is 0 Å². The van der Waals surface area contributed by atoms with Gasteiger partial charge in [-0.3, -0.25) is 4.79 Å². The lowest BCUT2D eigenvalue weighted by Crippen LogP contribution is -2.51. The lowest BCUT2D eigenvalue weighted by Gasteiger charge is -2.34. The van der Waals surface area contributed by atoms with Gasteiger partial charge in [0.25, 0.3) is 0 Å². The van der Waals surface area contributed by atoms with E-state index in [1.807, 2.05) is 19.1 Å². The van der Waals surface area contributed by atoms with Crippen molar-refractivity contribution >= 4 is 34.8 Å². The van der Waals surface area contributed by atoms with Gasteiger partial charge in [0.15, 0.2) is 0 Å². The van der Waals surface area contributed by atoms with Crippen LogP contribution in [0.4, 0.5) is 5.69 Å². The number of nitrogens with one attached hydrogen (secondary N) is 1. The van der Waals surface area contributed by atoms with Crippen LogP contribution in [0, 0.1) is 6.92 Å². The average molecular weight is 313 g/mol. The van der Waals surface area contributed by atoms with Gasteiger partial charge in [0, 0.05) is 12.6 Å². The molecular weight excluding hydrogens is 295 g/mol. The summed E-state index contributed by atoms with van der Waals surface area (Å²) in [6.07, 6.45) is 4.22. The number of hydrogen-bond acceptors (Lipinski definition) is 2. The molecular formula is C15H18Cl2N2O. The molecule has 3 nitrogen and oxygen atoms in total. The third-order valence-corrected chi connectivity index (χ3v) is 4.76. The summed E-state index contributed by atoms with van der Waals surface area (Å²) < 4.78 is 0. The molecule has 1 aromatic carbocycles. The van der Waals surface area contributed by atoms with E-state index in [0.717, 1.165) is 18.4 Å². The number of rotatable bonds is 3. The maximum absolute atomic E-state index is 12.7. The summed E-state index contributed by atoms with van der Waals surface area (Å²) in [5.41, 5.74) is 1.61. The summed E-state index contributed by atoms with van der Waals surface area (Å²) in [5.74, 6) is 0.0950. The molecule has 1 aliphatic heterocycles. The zero-order chi connectivity index (χ0) is 14.3. The van der Waals surface area contributed by atoms with E-state index in [1.165, 1.54) is 12.8 Å². The first-order valence-electron chi connectivity index (χ1n) is 7.10. The van der Waals surface area contributed by atoms with Crippen molar-refractivity contribution in [3.8, 4) is 0 Å². The summed E-state index contributed by atoms with van der Waals surface area (Å²) in [6, 6.07) is 4.11. The van der Waals surface area contributed by atoms with Crippen LogP contribution < -0.4 is 10.2 Å². The van der Waals surface area contributed by atoms with E-state index in [4.69, 9.17) is 23.2 Å². The smallest absolute Gasteiger partial charge is 0.244 e. The standard InChI is InChI=1S/C15H18Cl2N2O/c1-9-4-7-11(16)14(13(9)17)19-8-2-3-12(15(19)20)18-10-5-6-10/h4,7,10,12,18H,2-3,5-6,8H2,1H3. The second-order valence-corrected chi connectivity index (χ2v) is 6.44. The molecule has 1 heterocycles. The third-order valence-electron chi connectivity index (χ3n) is 3.98. The minimum absolute atomic E-state index is 0.0936. The van der Waals surface area contributed by atoms with Gasteiger partial charge in [-0.1, -0.05) is 29.3 Å². The summed E-state index contributed by atoms with van der Waals surface area (Å²) in [7, 11) is 0. The Balaban J connectivity index is 1.88. The van der Waals surface area contributed by atoms with Gasteiger partial charge in [-0.05, 0) is 44.2 Å². The van der Waals surface area contributed by atoms with Crippen molar-refractivity contribution in [1.29, 1.82) is 0 Å².